The van der Waals surface area contributed by atoms with Crippen molar-refractivity contribution in [3.05, 3.63) is 29.3 Å². The number of halogens is 1. The fraction of sp³-hybridized carbons (Fsp3) is 0.571. The molecule has 0 bridgehead atoms. The Kier molecular flexibility index (Phi) is 4.30. The molecule has 1 aliphatic rings. The summed E-state index contributed by atoms with van der Waals surface area (Å²) in [5.41, 5.74) is 1.17. The van der Waals surface area contributed by atoms with Crippen molar-refractivity contribution >= 4 is 17.3 Å². The van der Waals surface area contributed by atoms with E-state index in [4.69, 9.17) is 11.6 Å². The van der Waals surface area contributed by atoms with Gasteiger partial charge in [-0.05, 0) is 31.0 Å². The van der Waals surface area contributed by atoms with Gasteiger partial charge in [-0.1, -0.05) is 37.6 Å². The molecule has 1 N–H and O–H groups in total. The third-order valence-electron chi connectivity index (χ3n) is 3.43. The van der Waals surface area contributed by atoms with E-state index in [-0.39, 0.29) is 0 Å². The Morgan fingerprint density at radius 3 is 2.82 bits per heavy atom. The Labute approximate surface area is 109 Å². The van der Waals surface area contributed by atoms with E-state index in [0.717, 1.165) is 24.7 Å². The first kappa shape index (κ1) is 12.7. The third-order valence-corrected chi connectivity index (χ3v) is 3.75. The second kappa shape index (κ2) is 5.74. The van der Waals surface area contributed by atoms with Crippen molar-refractivity contribution in [1.82, 2.24) is 5.32 Å². The minimum absolute atomic E-state index is 0.550. The molecule has 1 fully saturated rings. The van der Waals surface area contributed by atoms with Crippen LogP contribution in [-0.4, -0.2) is 25.7 Å². The molecule has 3 heteroatoms. The number of benzene rings is 1. The summed E-state index contributed by atoms with van der Waals surface area (Å²) in [6, 6.07) is 8.69. The van der Waals surface area contributed by atoms with Crippen molar-refractivity contribution in [3.8, 4) is 0 Å². The van der Waals surface area contributed by atoms with Gasteiger partial charge in [0.05, 0.1) is 10.7 Å². The zero-order valence-electron chi connectivity index (χ0n) is 10.6. The second-order valence-corrected chi connectivity index (χ2v) is 5.46. The predicted octanol–water partition coefficient (Wildman–Crippen LogP) is 3.16. The maximum absolute atomic E-state index is 6.28. The van der Waals surface area contributed by atoms with Gasteiger partial charge >= 0.3 is 0 Å². The van der Waals surface area contributed by atoms with Crippen molar-refractivity contribution in [2.75, 3.05) is 24.5 Å². The van der Waals surface area contributed by atoms with Crippen LogP contribution in [0.2, 0.25) is 5.02 Å². The van der Waals surface area contributed by atoms with E-state index < -0.39 is 0 Å². The summed E-state index contributed by atoms with van der Waals surface area (Å²) in [6.07, 6.45) is 1.18. The van der Waals surface area contributed by atoms with Crippen LogP contribution in [0.15, 0.2) is 24.3 Å². The monoisotopic (exact) mass is 252 g/mol. The number of hydrogen-bond acceptors (Lipinski definition) is 2. The summed E-state index contributed by atoms with van der Waals surface area (Å²) in [4.78, 5) is 2.41. The van der Waals surface area contributed by atoms with Crippen LogP contribution in [0.5, 0.6) is 0 Å². The first-order chi connectivity index (χ1) is 8.18. The molecule has 94 valence electrons. The lowest BCUT2D eigenvalue weighted by molar-refractivity contribution is 0.420. The van der Waals surface area contributed by atoms with Gasteiger partial charge < -0.3 is 10.2 Å². The molecular weight excluding hydrogens is 232 g/mol. The van der Waals surface area contributed by atoms with Crippen LogP contribution in [-0.2, 0) is 0 Å². The molecule has 1 aromatic carbocycles. The van der Waals surface area contributed by atoms with Crippen LogP contribution in [0.1, 0.15) is 20.3 Å². The highest BCUT2D eigenvalue weighted by Gasteiger charge is 2.21. The van der Waals surface area contributed by atoms with Crippen molar-refractivity contribution < 1.29 is 0 Å². The van der Waals surface area contributed by atoms with Gasteiger partial charge in [-0.15, -0.1) is 0 Å². The Balaban J connectivity index is 2.17. The highest BCUT2D eigenvalue weighted by atomic mass is 35.5. The number of rotatable bonds is 2. The molecule has 0 radical (unpaired) electrons. The topological polar surface area (TPSA) is 15.3 Å². The molecule has 1 heterocycles. The molecule has 0 aromatic heterocycles. The van der Waals surface area contributed by atoms with E-state index in [2.05, 4.69) is 36.2 Å². The largest absolute Gasteiger partial charge is 0.369 e. The molecular formula is C14H21ClN2. The first-order valence-electron chi connectivity index (χ1n) is 6.41. The highest BCUT2D eigenvalue weighted by Crippen LogP contribution is 2.26. The lowest BCUT2D eigenvalue weighted by Gasteiger charge is -2.29. The predicted molar refractivity (Wildman–Crippen MR) is 74.9 cm³/mol. The number of nitrogens with one attached hydrogen (secondary N) is 1. The maximum atomic E-state index is 6.28. The van der Waals surface area contributed by atoms with Gasteiger partial charge in [-0.25, -0.2) is 0 Å². The Morgan fingerprint density at radius 2 is 2.12 bits per heavy atom. The van der Waals surface area contributed by atoms with Crippen LogP contribution < -0.4 is 10.2 Å². The molecule has 0 aliphatic carbocycles. The molecule has 1 atom stereocenters. The molecule has 17 heavy (non-hydrogen) atoms. The van der Waals surface area contributed by atoms with Crippen molar-refractivity contribution in [2.45, 2.75) is 26.3 Å². The van der Waals surface area contributed by atoms with Crippen molar-refractivity contribution in [2.24, 2.45) is 5.92 Å². The van der Waals surface area contributed by atoms with Crippen LogP contribution in [0.4, 0.5) is 5.69 Å². The summed E-state index contributed by atoms with van der Waals surface area (Å²) in [5.74, 6) is 0.651. The Bertz CT molecular complexity index is 365. The standard InChI is InChI=1S/C14H21ClN2/c1-11(2)13-10-17(9-5-8-16-13)14-7-4-3-6-12(14)15/h3-4,6-7,11,13,16H,5,8-10H2,1-2H3. The Morgan fingerprint density at radius 1 is 1.35 bits per heavy atom. The molecule has 2 rings (SSSR count). The second-order valence-electron chi connectivity index (χ2n) is 5.06. The highest BCUT2D eigenvalue weighted by molar-refractivity contribution is 6.33. The average molecular weight is 253 g/mol. The zero-order valence-corrected chi connectivity index (χ0v) is 11.4. The van der Waals surface area contributed by atoms with Crippen molar-refractivity contribution in [1.29, 1.82) is 0 Å². The van der Waals surface area contributed by atoms with Gasteiger partial charge in [0.15, 0.2) is 0 Å². The zero-order chi connectivity index (χ0) is 12.3. The van der Waals surface area contributed by atoms with Gasteiger partial charge in [0, 0.05) is 19.1 Å². The lowest BCUT2D eigenvalue weighted by Crippen LogP contribution is -2.41. The van der Waals surface area contributed by atoms with E-state index in [1.807, 2.05) is 12.1 Å². The number of hydrogen-bond donors (Lipinski definition) is 1. The third kappa shape index (κ3) is 3.14. The number of para-hydroxylation sites is 1. The molecule has 1 aromatic rings. The average Bonchev–Trinajstić information content (AvgIpc) is 2.55. The van der Waals surface area contributed by atoms with Crippen molar-refractivity contribution in [3.63, 3.8) is 0 Å². The first-order valence-corrected chi connectivity index (χ1v) is 6.79. The molecule has 1 unspecified atom stereocenters. The van der Waals surface area contributed by atoms with Gasteiger partial charge in [0.2, 0.25) is 0 Å². The van der Waals surface area contributed by atoms with Crippen LogP contribution in [0, 0.1) is 5.92 Å². The van der Waals surface area contributed by atoms with E-state index >= 15 is 0 Å². The van der Waals surface area contributed by atoms with Gasteiger partial charge in [0.25, 0.3) is 0 Å². The summed E-state index contributed by atoms with van der Waals surface area (Å²) >= 11 is 6.28. The van der Waals surface area contributed by atoms with E-state index in [1.165, 1.54) is 12.1 Å². The van der Waals surface area contributed by atoms with Crippen LogP contribution >= 0.6 is 11.6 Å². The minimum atomic E-state index is 0.550. The fourth-order valence-electron chi connectivity index (χ4n) is 2.32. The molecule has 0 saturated carbocycles. The molecule has 2 nitrogen and oxygen atoms in total. The van der Waals surface area contributed by atoms with Crippen LogP contribution in [0.3, 0.4) is 0 Å². The summed E-state index contributed by atoms with van der Waals surface area (Å²) in [5, 5.41) is 4.47. The summed E-state index contributed by atoms with van der Waals surface area (Å²) in [7, 11) is 0. The summed E-state index contributed by atoms with van der Waals surface area (Å²) < 4.78 is 0. The number of nitrogens with zero attached hydrogens (tertiary/aromatic N) is 1. The SMILES string of the molecule is CC(C)C1CN(c2ccccc2Cl)CCCN1. The lowest BCUT2D eigenvalue weighted by atomic mass is 10.0. The van der Waals surface area contributed by atoms with Gasteiger partial charge in [-0.3, -0.25) is 0 Å². The fourth-order valence-corrected chi connectivity index (χ4v) is 2.58. The Hall–Kier alpha value is -0.730. The number of anilines is 1. The van der Waals surface area contributed by atoms with Gasteiger partial charge in [0.1, 0.15) is 0 Å². The van der Waals surface area contributed by atoms with E-state index in [9.17, 15) is 0 Å². The molecule has 1 aliphatic heterocycles. The smallest absolute Gasteiger partial charge is 0.0639 e. The molecule has 1 saturated heterocycles. The normalized spacial score (nSPS) is 21.6. The molecule has 0 amide bonds. The minimum Gasteiger partial charge on any atom is -0.369 e. The van der Waals surface area contributed by atoms with Gasteiger partial charge in [-0.2, -0.15) is 0 Å². The van der Waals surface area contributed by atoms with Crippen LogP contribution in [0.25, 0.3) is 0 Å². The molecule has 0 spiro atoms. The quantitative estimate of drug-likeness (QED) is 0.870. The van der Waals surface area contributed by atoms with E-state index in [1.54, 1.807) is 0 Å². The van der Waals surface area contributed by atoms with E-state index in [0.29, 0.717) is 12.0 Å². The summed E-state index contributed by atoms with van der Waals surface area (Å²) in [6.45, 7) is 7.77. The maximum Gasteiger partial charge on any atom is 0.0639 e.